The van der Waals surface area contributed by atoms with Crippen LogP contribution >= 0.6 is 15.9 Å². The summed E-state index contributed by atoms with van der Waals surface area (Å²) in [6, 6.07) is 24.2. The van der Waals surface area contributed by atoms with Crippen molar-refractivity contribution in [1.29, 1.82) is 0 Å². The van der Waals surface area contributed by atoms with Gasteiger partial charge in [0.05, 0.1) is 27.9 Å². The van der Waals surface area contributed by atoms with Gasteiger partial charge in [0.25, 0.3) is 0 Å². The number of fused-ring (bicyclic) bond motifs is 1. The zero-order chi connectivity index (χ0) is 26.5. The number of imidazole rings is 1. The Hall–Kier alpha value is -4.11. The van der Waals surface area contributed by atoms with Crippen LogP contribution in [0.25, 0.3) is 11.2 Å². The Morgan fingerprint density at radius 2 is 1.16 bits per heavy atom. The molecule has 0 saturated heterocycles. The summed E-state index contributed by atoms with van der Waals surface area (Å²) in [4.78, 5) is 16.2. The van der Waals surface area contributed by atoms with Gasteiger partial charge < -0.3 is 23.7 Å². The van der Waals surface area contributed by atoms with Gasteiger partial charge in [0, 0.05) is 13.1 Å². The van der Waals surface area contributed by atoms with Gasteiger partial charge in [-0.2, -0.15) is 0 Å². The van der Waals surface area contributed by atoms with Crippen LogP contribution in [0.5, 0.6) is 17.2 Å². The molecule has 0 fully saturated rings. The third-order valence-corrected chi connectivity index (χ3v) is 6.94. The highest BCUT2D eigenvalue weighted by Gasteiger charge is 2.21. The molecule has 0 aliphatic carbocycles. The summed E-state index contributed by atoms with van der Waals surface area (Å²) in [6.07, 6.45) is 1.57. The molecule has 0 atom stereocenters. The first kappa shape index (κ1) is 25.5. The molecule has 8 nitrogen and oxygen atoms in total. The molecule has 0 spiro atoms. The summed E-state index contributed by atoms with van der Waals surface area (Å²) in [5.74, 6) is 3.26. The van der Waals surface area contributed by atoms with Crippen molar-refractivity contribution in [2.24, 2.45) is 0 Å². The minimum absolute atomic E-state index is 0.598. The standard InChI is InChI=1S/C29H28BrN5O3/c1-36-23-10-4-20(5-11-23)16-34(17-21-6-12-24(37-2)13-7-21)28-26-27(31-19-32-28)33-29(30)35(26)18-22-8-14-25(38-3)15-9-22/h4-15,19H,16-18H2,1-3H3. The van der Waals surface area contributed by atoms with Crippen molar-refractivity contribution < 1.29 is 14.2 Å². The molecule has 0 unspecified atom stereocenters. The van der Waals surface area contributed by atoms with Crippen LogP contribution in [0.2, 0.25) is 0 Å². The van der Waals surface area contributed by atoms with Gasteiger partial charge >= 0.3 is 0 Å². The summed E-state index contributed by atoms with van der Waals surface area (Å²) in [6.45, 7) is 1.86. The molecule has 0 radical (unpaired) electrons. The van der Waals surface area contributed by atoms with Gasteiger partial charge in [0.15, 0.2) is 16.2 Å². The van der Waals surface area contributed by atoms with Crippen molar-refractivity contribution in [3.05, 3.63) is 101 Å². The second-order valence-electron chi connectivity index (χ2n) is 8.74. The lowest BCUT2D eigenvalue weighted by atomic mass is 10.1. The van der Waals surface area contributed by atoms with E-state index < -0.39 is 0 Å². The van der Waals surface area contributed by atoms with Crippen LogP contribution in [0.1, 0.15) is 16.7 Å². The number of methoxy groups -OCH3 is 3. The molecule has 2 heterocycles. The number of hydrogen-bond donors (Lipinski definition) is 0. The summed E-state index contributed by atoms with van der Waals surface area (Å²) >= 11 is 3.66. The number of hydrogen-bond acceptors (Lipinski definition) is 7. The van der Waals surface area contributed by atoms with E-state index in [-0.39, 0.29) is 0 Å². The SMILES string of the molecule is COc1ccc(CN(Cc2ccc(OC)cc2)c2ncnc3nc(Br)n(Cc4ccc(OC)cc4)c23)cc1. The van der Waals surface area contributed by atoms with Crippen LogP contribution in [0, 0.1) is 0 Å². The molecular formula is C29H28BrN5O3. The minimum atomic E-state index is 0.598. The summed E-state index contributed by atoms with van der Waals surface area (Å²) in [5.41, 5.74) is 4.86. The van der Waals surface area contributed by atoms with E-state index in [9.17, 15) is 0 Å². The Labute approximate surface area is 230 Å². The van der Waals surface area contributed by atoms with E-state index in [1.54, 1.807) is 27.7 Å². The van der Waals surface area contributed by atoms with Crippen LogP contribution < -0.4 is 19.1 Å². The Kier molecular flexibility index (Phi) is 7.74. The third kappa shape index (κ3) is 5.57. The Morgan fingerprint density at radius 3 is 1.63 bits per heavy atom. The fourth-order valence-electron chi connectivity index (χ4n) is 4.32. The fourth-order valence-corrected chi connectivity index (χ4v) is 4.79. The van der Waals surface area contributed by atoms with E-state index in [1.165, 1.54) is 0 Å². The molecule has 9 heteroatoms. The van der Waals surface area contributed by atoms with Crippen LogP contribution in [-0.2, 0) is 19.6 Å². The monoisotopic (exact) mass is 573 g/mol. The number of ether oxygens (including phenoxy) is 3. The van der Waals surface area contributed by atoms with E-state index in [4.69, 9.17) is 19.2 Å². The van der Waals surface area contributed by atoms with Gasteiger partial charge in [-0.3, -0.25) is 0 Å². The molecular weight excluding hydrogens is 546 g/mol. The van der Waals surface area contributed by atoms with Crippen LogP contribution in [0.3, 0.4) is 0 Å². The van der Waals surface area contributed by atoms with Gasteiger partial charge in [0.1, 0.15) is 29.1 Å². The highest BCUT2D eigenvalue weighted by atomic mass is 79.9. The lowest BCUT2D eigenvalue weighted by Crippen LogP contribution is -2.24. The number of rotatable bonds is 10. The van der Waals surface area contributed by atoms with E-state index >= 15 is 0 Å². The molecule has 5 aromatic rings. The van der Waals surface area contributed by atoms with E-state index in [2.05, 4.69) is 59.6 Å². The normalized spacial score (nSPS) is 10.9. The summed E-state index contributed by atoms with van der Waals surface area (Å²) in [7, 11) is 5.01. The Morgan fingerprint density at radius 1 is 0.684 bits per heavy atom. The molecule has 0 aliphatic rings. The smallest absolute Gasteiger partial charge is 0.184 e. The first-order chi connectivity index (χ1) is 18.6. The Balaban J connectivity index is 1.56. The topological polar surface area (TPSA) is 74.5 Å². The molecule has 0 amide bonds. The molecule has 0 aliphatic heterocycles. The van der Waals surface area contributed by atoms with Crippen molar-refractivity contribution in [3.63, 3.8) is 0 Å². The molecule has 0 N–H and O–H groups in total. The first-order valence-corrected chi connectivity index (χ1v) is 12.9. The number of anilines is 1. The fraction of sp³-hybridized carbons (Fsp3) is 0.207. The van der Waals surface area contributed by atoms with Crippen LogP contribution in [0.4, 0.5) is 5.82 Å². The quantitative estimate of drug-likeness (QED) is 0.193. The predicted molar refractivity (Wildman–Crippen MR) is 151 cm³/mol. The third-order valence-electron chi connectivity index (χ3n) is 6.34. The molecule has 3 aromatic carbocycles. The molecule has 38 heavy (non-hydrogen) atoms. The summed E-state index contributed by atoms with van der Waals surface area (Å²) in [5, 5.41) is 0. The second-order valence-corrected chi connectivity index (χ2v) is 9.45. The van der Waals surface area contributed by atoms with Crippen molar-refractivity contribution in [1.82, 2.24) is 19.5 Å². The van der Waals surface area contributed by atoms with Gasteiger partial charge in [-0.05, 0) is 69.0 Å². The molecule has 5 rings (SSSR count). The zero-order valence-electron chi connectivity index (χ0n) is 21.5. The van der Waals surface area contributed by atoms with Crippen molar-refractivity contribution >= 4 is 32.9 Å². The van der Waals surface area contributed by atoms with Crippen molar-refractivity contribution in [2.75, 3.05) is 26.2 Å². The predicted octanol–water partition coefficient (Wildman–Crippen LogP) is 5.87. The number of benzene rings is 3. The first-order valence-electron chi connectivity index (χ1n) is 12.1. The average molecular weight is 574 g/mol. The van der Waals surface area contributed by atoms with Crippen LogP contribution in [0.15, 0.2) is 83.9 Å². The molecule has 0 bridgehead atoms. The highest BCUT2D eigenvalue weighted by Crippen LogP contribution is 2.30. The van der Waals surface area contributed by atoms with Crippen LogP contribution in [-0.4, -0.2) is 40.8 Å². The van der Waals surface area contributed by atoms with E-state index in [0.717, 1.165) is 45.3 Å². The maximum Gasteiger partial charge on any atom is 0.184 e. The maximum atomic E-state index is 5.35. The van der Waals surface area contributed by atoms with Gasteiger partial charge in [0.2, 0.25) is 0 Å². The lowest BCUT2D eigenvalue weighted by molar-refractivity contribution is 0.414. The molecule has 2 aromatic heterocycles. The molecule has 194 valence electrons. The maximum absolute atomic E-state index is 5.35. The van der Waals surface area contributed by atoms with Gasteiger partial charge in [-0.1, -0.05) is 36.4 Å². The number of nitrogens with zero attached hydrogens (tertiary/aromatic N) is 5. The number of halogens is 1. The Bertz CT molecular complexity index is 1450. The van der Waals surface area contributed by atoms with E-state index in [1.807, 2.05) is 48.5 Å². The van der Waals surface area contributed by atoms with E-state index in [0.29, 0.717) is 30.0 Å². The highest BCUT2D eigenvalue weighted by molar-refractivity contribution is 9.10. The van der Waals surface area contributed by atoms with Gasteiger partial charge in [-0.15, -0.1) is 0 Å². The number of aromatic nitrogens is 4. The lowest BCUT2D eigenvalue weighted by Gasteiger charge is -2.25. The second kappa shape index (κ2) is 11.5. The molecule has 0 saturated carbocycles. The zero-order valence-corrected chi connectivity index (χ0v) is 23.1. The largest absolute Gasteiger partial charge is 0.497 e. The van der Waals surface area contributed by atoms with Crippen molar-refractivity contribution in [2.45, 2.75) is 19.6 Å². The minimum Gasteiger partial charge on any atom is -0.497 e. The van der Waals surface area contributed by atoms with Gasteiger partial charge in [-0.25, -0.2) is 15.0 Å². The summed E-state index contributed by atoms with van der Waals surface area (Å²) < 4.78 is 18.8. The average Bonchev–Trinajstić information content (AvgIpc) is 3.28. The van der Waals surface area contributed by atoms with Crippen molar-refractivity contribution in [3.8, 4) is 17.2 Å².